The first kappa shape index (κ1) is 25.7. The molecular formula is C30H37FN8O. The van der Waals surface area contributed by atoms with Gasteiger partial charge in [0.25, 0.3) is 5.88 Å². The van der Waals surface area contributed by atoms with Crippen molar-refractivity contribution in [2.24, 2.45) is 23.0 Å². The fourth-order valence-corrected chi connectivity index (χ4v) is 7.35. The average molecular weight is 545 g/mol. The highest BCUT2D eigenvalue weighted by Gasteiger charge is 2.52. The SMILES string of the molecule is CC(C)[C@H](C1CC(N)C1)N1CC2(CCN(c3ncnnc3Oc3ccc(F)cc3-c3nnccc3C3CC3)C2)C1. The molecule has 1 atom stereocenters. The lowest BCUT2D eigenvalue weighted by atomic mass is 9.68. The fourth-order valence-electron chi connectivity index (χ4n) is 7.35. The molecule has 2 saturated heterocycles. The van der Waals surface area contributed by atoms with Gasteiger partial charge in [-0.1, -0.05) is 13.8 Å². The van der Waals surface area contributed by atoms with Crippen molar-refractivity contribution in [1.82, 2.24) is 30.3 Å². The van der Waals surface area contributed by atoms with Gasteiger partial charge in [-0.05, 0) is 79.7 Å². The number of nitrogens with two attached hydrogens (primary N) is 1. The lowest BCUT2D eigenvalue weighted by Crippen LogP contribution is -2.65. The van der Waals surface area contributed by atoms with E-state index in [4.69, 9.17) is 10.5 Å². The van der Waals surface area contributed by atoms with E-state index in [1.165, 1.54) is 18.5 Å². The van der Waals surface area contributed by atoms with Gasteiger partial charge in [0.05, 0.1) is 0 Å². The third-order valence-electron chi connectivity index (χ3n) is 9.36. The molecule has 3 aromatic rings. The van der Waals surface area contributed by atoms with Crippen LogP contribution in [0.2, 0.25) is 0 Å². The van der Waals surface area contributed by atoms with Gasteiger partial charge in [0.15, 0.2) is 5.82 Å². The minimum Gasteiger partial charge on any atom is -0.434 e. The van der Waals surface area contributed by atoms with Gasteiger partial charge in [0, 0.05) is 55.4 Å². The second-order valence-corrected chi connectivity index (χ2v) is 12.7. The molecule has 2 saturated carbocycles. The number of ether oxygens (including phenoxy) is 1. The van der Waals surface area contributed by atoms with Gasteiger partial charge in [0.2, 0.25) is 0 Å². The number of aromatic nitrogens is 5. The van der Waals surface area contributed by atoms with Crippen LogP contribution in [-0.4, -0.2) is 68.5 Å². The monoisotopic (exact) mass is 544 g/mol. The molecule has 1 aromatic carbocycles. The first-order valence-corrected chi connectivity index (χ1v) is 14.6. The molecule has 4 aliphatic rings. The van der Waals surface area contributed by atoms with Crippen LogP contribution >= 0.6 is 0 Å². The van der Waals surface area contributed by atoms with E-state index in [0.29, 0.717) is 52.6 Å². The van der Waals surface area contributed by atoms with E-state index in [2.05, 4.69) is 49.0 Å². The van der Waals surface area contributed by atoms with Gasteiger partial charge in [-0.15, -0.1) is 10.2 Å². The highest BCUT2D eigenvalue weighted by molar-refractivity contribution is 5.71. The number of nitrogens with zero attached hydrogens (tertiary/aromatic N) is 7. The number of hydrogen-bond acceptors (Lipinski definition) is 9. The van der Waals surface area contributed by atoms with E-state index in [1.54, 1.807) is 12.3 Å². The number of benzene rings is 1. The van der Waals surface area contributed by atoms with Crippen LogP contribution in [0.1, 0.15) is 57.4 Å². The van der Waals surface area contributed by atoms with E-state index in [0.717, 1.165) is 69.8 Å². The molecule has 2 aliphatic heterocycles. The first-order valence-electron chi connectivity index (χ1n) is 14.6. The lowest BCUT2D eigenvalue weighted by molar-refractivity contribution is -0.0667. The van der Waals surface area contributed by atoms with Crippen LogP contribution in [-0.2, 0) is 0 Å². The maximum atomic E-state index is 14.4. The summed E-state index contributed by atoms with van der Waals surface area (Å²) < 4.78 is 20.8. The maximum Gasteiger partial charge on any atom is 0.282 e. The Hall–Kier alpha value is -3.24. The maximum absolute atomic E-state index is 14.4. The van der Waals surface area contributed by atoms with Crippen LogP contribution in [0.15, 0.2) is 36.8 Å². The molecule has 7 rings (SSSR count). The lowest BCUT2D eigenvalue weighted by Gasteiger charge is -2.56. The molecule has 9 nitrogen and oxygen atoms in total. The topological polar surface area (TPSA) is 106 Å². The third kappa shape index (κ3) is 4.71. The molecule has 0 bridgehead atoms. The van der Waals surface area contributed by atoms with Crippen LogP contribution in [0.3, 0.4) is 0 Å². The summed E-state index contributed by atoms with van der Waals surface area (Å²) in [5.74, 6) is 2.88. The summed E-state index contributed by atoms with van der Waals surface area (Å²) in [6, 6.07) is 7.44. The standard InChI is InChI=1S/C30H37FN8O/c1-18(2)27(20-11-22(32)12-20)39-15-30(16-39)8-10-38(14-30)28-29(37-35-17-33-28)40-25-6-5-21(31)13-24(25)26-23(19-3-4-19)7-9-34-36-26/h5-7,9,13,17-20,22,27H,3-4,8,10-12,14-16,32H2,1-2H3/t20?,22?,27-/m1/s1. The van der Waals surface area contributed by atoms with Crippen molar-refractivity contribution in [3.05, 3.63) is 48.2 Å². The normalized spacial score (nSPS) is 24.7. The van der Waals surface area contributed by atoms with Gasteiger partial charge in [-0.3, -0.25) is 4.90 Å². The molecule has 10 heteroatoms. The quantitative estimate of drug-likeness (QED) is 0.441. The molecule has 210 valence electrons. The summed E-state index contributed by atoms with van der Waals surface area (Å²) in [7, 11) is 0. The average Bonchev–Trinajstić information content (AvgIpc) is 3.67. The predicted octanol–water partition coefficient (Wildman–Crippen LogP) is 4.41. The molecular weight excluding hydrogens is 507 g/mol. The molecule has 2 N–H and O–H groups in total. The van der Waals surface area contributed by atoms with Crippen molar-refractivity contribution in [3.63, 3.8) is 0 Å². The third-order valence-corrected chi connectivity index (χ3v) is 9.36. The Balaban J connectivity index is 1.10. The van der Waals surface area contributed by atoms with Crippen LogP contribution < -0.4 is 15.4 Å². The Morgan fingerprint density at radius 2 is 1.90 bits per heavy atom. The predicted molar refractivity (Wildman–Crippen MR) is 149 cm³/mol. The van der Waals surface area contributed by atoms with E-state index in [9.17, 15) is 4.39 Å². The highest BCUT2D eigenvalue weighted by Crippen LogP contribution is 2.48. The Bertz CT molecular complexity index is 1390. The molecule has 2 aliphatic carbocycles. The van der Waals surface area contributed by atoms with Gasteiger partial charge in [-0.25, -0.2) is 9.37 Å². The summed E-state index contributed by atoms with van der Waals surface area (Å²) in [6.07, 6.45) is 8.76. The van der Waals surface area contributed by atoms with Crippen LogP contribution in [0.4, 0.5) is 10.2 Å². The zero-order valence-electron chi connectivity index (χ0n) is 23.2. The van der Waals surface area contributed by atoms with E-state index < -0.39 is 0 Å². The zero-order valence-corrected chi connectivity index (χ0v) is 23.2. The molecule has 1 spiro atoms. The largest absolute Gasteiger partial charge is 0.434 e. The van der Waals surface area contributed by atoms with Gasteiger partial charge in [-0.2, -0.15) is 10.2 Å². The van der Waals surface area contributed by atoms with Crippen LogP contribution in [0.25, 0.3) is 11.3 Å². The highest BCUT2D eigenvalue weighted by atomic mass is 19.1. The van der Waals surface area contributed by atoms with E-state index in [1.807, 2.05) is 6.07 Å². The Kier molecular flexibility index (Phi) is 6.42. The van der Waals surface area contributed by atoms with E-state index >= 15 is 0 Å². The fraction of sp³-hybridized carbons (Fsp3) is 0.567. The minimum atomic E-state index is -0.355. The summed E-state index contributed by atoms with van der Waals surface area (Å²) in [5.41, 5.74) is 8.67. The molecule has 0 amide bonds. The van der Waals surface area contributed by atoms with Crippen molar-refractivity contribution in [2.45, 2.75) is 64.0 Å². The van der Waals surface area contributed by atoms with Crippen LogP contribution in [0, 0.1) is 23.1 Å². The van der Waals surface area contributed by atoms with Gasteiger partial charge in [0.1, 0.15) is 23.6 Å². The summed E-state index contributed by atoms with van der Waals surface area (Å²) >= 11 is 0. The number of likely N-dealkylation sites (tertiary alicyclic amines) is 1. The second-order valence-electron chi connectivity index (χ2n) is 12.7. The van der Waals surface area contributed by atoms with Gasteiger partial charge < -0.3 is 15.4 Å². The smallest absolute Gasteiger partial charge is 0.282 e. The van der Waals surface area contributed by atoms with Gasteiger partial charge >= 0.3 is 0 Å². The molecule has 0 unspecified atom stereocenters. The Morgan fingerprint density at radius 3 is 2.65 bits per heavy atom. The minimum absolute atomic E-state index is 0.251. The summed E-state index contributed by atoms with van der Waals surface area (Å²) in [5, 5.41) is 16.8. The first-order chi connectivity index (χ1) is 19.4. The molecule has 0 radical (unpaired) electrons. The summed E-state index contributed by atoms with van der Waals surface area (Å²) in [4.78, 5) is 9.55. The Morgan fingerprint density at radius 1 is 1.07 bits per heavy atom. The van der Waals surface area contributed by atoms with Crippen molar-refractivity contribution < 1.29 is 9.13 Å². The van der Waals surface area contributed by atoms with Crippen molar-refractivity contribution >= 4 is 5.82 Å². The van der Waals surface area contributed by atoms with E-state index in [-0.39, 0.29) is 11.2 Å². The number of rotatable bonds is 8. The molecule has 4 fully saturated rings. The number of halogens is 1. The summed E-state index contributed by atoms with van der Waals surface area (Å²) in [6.45, 7) is 8.68. The zero-order chi connectivity index (χ0) is 27.4. The molecule has 2 aromatic heterocycles. The Labute approximate surface area is 234 Å². The van der Waals surface area contributed by atoms with Crippen molar-refractivity contribution in [3.8, 4) is 22.9 Å². The van der Waals surface area contributed by atoms with Crippen molar-refractivity contribution in [2.75, 3.05) is 31.1 Å². The number of anilines is 1. The van der Waals surface area contributed by atoms with Crippen LogP contribution in [0.5, 0.6) is 11.6 Å². The molecule has 40 heavy (non-hydrogen) atoms. The second kappa shape index (κ2) is 9.99. The molecule has 4 heterocycles. The number of hydrogen-bond donors (Lipinski definition) is 1. The van der Waals surface area contributed by atoms with Crippen molar-refractivity contribution in [1.29, 1.82) is 0 Å².